The molecule has 0 bridgehead atoms. The molecule has 0 radical (unpaired) electrons. The molecule has 0 saturated carbocycles. The van der Waals surface area contributed by atoms with E-state index in [-0.39, 0.29) is 0 Å². The molecular weight excluding hydrogens is 217 g/mol. The van der Waals surface area contributed by atoms with Crippen LogP contribution in [0, 0.1) is 11.8 Å². The zero-order valence-electron chi connectivity index (χ0n) is 7.69. The fourth-order valence-corrected chi connectivity index (χ4v) is 1.23. The van der Waals surface area contributed by atoms with Gasteiger partial charge in [0.25, 0.3) is 0 Å². The van der Waals surface area contributed by atoms with Crippen LogP contribution in [0.2, 0.25) is 10.0 Å². The molecule has 0 spiro atoms. The highest BCUT2D eigenvalue weighted by molar-refractivity contribution is 6.42. The third-order valence-corrected chi connectivity index (χ3v) is 2.40. The lowest BCUT2D eigenvalue weighted by Gasteiger charge is -1.94. The highest BCUT2D eigenvalue weighted by atomic mass is 35.5. The van der Waals surface area contributed by atoms with Crippen LogP contribution >= 0.6 is 23.2 Å². The average molecular weight is 228 g/mol. The van der Waals surface area contributed by atoms with E-state index in [1.807, 2.05) is 6.07 Å². The molecule has 0 aliphatic carbocycles. The predicted molar refractivity (Wildman–Crippen MR) is 61.6 cm³/mol. The van der Waals surface area contributed by atoms with E-state index in [1.54, 1.807) is 12.1 Å². The first-order chi connectivity index (χ1) is 6.74. The molecule has 0 aromatic heterocycles. The van der Waals surface area contributed by atoms with Gasteiger partial charge in [-0.1, -0.05) is 35.0 Å². The van der Waals surface area contributed by atoms with E-state index in [0.717, 1.165) is 18.4 Å². The SMILES string of the molecule is NCCCC#Cc1ccc(Cl)c(Cl)c1. The van der Waals surface area contributed by atoms with Crippen LogP contribution in [0.5, 0.6) is 0 Å². The lowest BCUT2D eigenvalue weighted by molar-refractivity contribution is 0.870. The highest BCUT2D eigenvalue weighted by Gasteiger charge is 1.96. The van der Waals surface area contributed by atoms with E-state index in [2.05, 4.69) is 11.8 Å². The molecule has 0 atom stereocenters. The third kappa shape index (κ3) is 3.59. The molecule has 0 unspecified atom stereocenters. The summed E-state index contributed by atoms with van der Waals surface area (Å²) in [6, 6.07) is 5.36. The number of nitrogens with two attached hydrogens (primary N) is 1. The van der Waals surface area contributed by atoms with E-state index in [0.29, 0.717) is 16.6 Å². The van der Waals surface area contributed by atoms with Gasteiger partial charge in [0.1, 0.15) is 0 Å². The fraction of sp³-hybridized carbons (Fsp3) is 0.273. The van der Waals surface area contributed by atoms with Gasteiger partial charge < -0.3 is 5.73 Å². The van der Waals surface area contributed by atoms with Crippen molar-refractivity contribution in [2.45, 2.75) is 12.8 Å². The van der Waals surface area contributed by atoms with Gasteiger partial charge in [0, 0.05) is 12.0 Å². The monoisotopic (exact) mass is 227 g/mol. The van der Waals surface area contributed by atoms with Gasteiger partial charge >= 0.3 is 0 Å². The van der Waals surface area contributed by atoms with E-state index < -0.39 is 0 Å². The topological polar surface area (TPSA) is 26.0 Å². The largest absolute Gasteiger partial charge is 0.330 e. The molecule has 3 heteroatoms. The minimum Gasteiger partial charge on any atom is -0.330 e. The predicted octanol–water partition coefficient (Wildman–Crippen LogP) is 3.08. The van der Waals surface area contributed by atoms with Crippen molar-refractivity contribution in [2.75, 3.05) is 6.54 Å². The van der Waals surface area contributed by atoms with Crippen LogP contribution in [-0.4, -0.2) is 6.54 Å². The molecule has 0 saturated heterocycles. The quantitative estimate of drug-likeness (QED) is 0.610. The second kappa shape index (κ2) is 5.93. The van der Waals surface area contributed by atoms with Crippen LogP contribution in [0.3, 0.4) is 0 Å². The molecule has 0 aliphatic rings. The molecule has 0 amide bonds. The Balaban J connectivity index is 2.66. The molecule has 0 heterocycles. The fourth-order valence-electron chi connectivity index (χ4n) is 0.929. The molecule has 0 fully saturated rings. The second-order valence-electron chi connectivity index (χ2n) is 2.82. The summed E-state index contributed by atoms with van der Waals surface area (Å²) in [7, 11) is 0. The van der Waals surface area contributed by atoms with Crippen LogP contribution in [0.4, 0.5) is 0 Å². The Morgan fingerprint density at radius 3 is 2.64 bits per heavy atom. The van der Waals surface area contributed by atoms with Gasteiger partial charge in [-0.05, 0) is 31.2 Å². The minimum atomic E-state index is 0.539. The van der Waals surface area contributed by atoms with E-state index in [9.17, 15) is 0 Å². The smallest absolute Gasteiger partial charge is 0.0604 e. The van der Waals surface area contributed by atoms with Crippen molar-refractivity contribution in [2.24, 2.45) is 5.73 Å². The van der Waals surface area contributed by atoms with Gasteiger partial charge in [-0.25, -0.2) is 0 Å². The summed E-state index contributed by atoms with van der Waals surface area (Å²) >= 11 is 11.6. The Kier molecular flexibility index (Phi) is 4.82. The van der Waals surface area contributed by atoms with Crippen LogP contribution in [0.15, 0.2) is 18.2 Å². The van der Waals surface area contributed by atoms with Gasteiger partial charge in [-0.2, -0.15) is 0 Å². The van der Waals surface area contributed by atoms with Crippen LogP contribution < -0.4 is 5.73 Å². The zero-order chi connectivity index (χ0) is 10.4. The van der Waals surface area contributed by atoms with E-state index >= 15 is 0 Å². The van der Waals surface area contributed by atoms with Gasteiger partial charge in [0.05, 0.1) is 10.0 Å². The average Bonchev–Trinajstić information content (AvgIpc) is 2.18. The van der Waals surface area contributed by atoms with Gasteiger partial charge in [0.15, 0.2) is 0 Å². The van der Waals surface area contributed by atoms with Crippen LogP contribution in [0.1, 0.15) is 18.4 Å². The maximum atomic E-state index is 5.83. The Bertz CT molecular complexity index is 363. The number of hydrogen-bond acceptors (Lipinski definition) is 1. The zero-order valence-corrected chi connectivity index (χ0v) is 9.20. The van der Waals surface area contributed by atoms with Gasteiger partial charge in [0.2, 0.25) is 0 Å². The minimum absolute atomic E-state index is 0.539. The number of hydrogen-bond donors (Lipinski definition) is 1. The molecule has 14 heavy (non-hydrogen) atoms. The van der Waals surface area contributed by atoms with E-state index in [1.165, 1.54) is 0 Å². The van der Waals surface area contributed by atoms with Crippen molar-refractivity contribution in [1.82, 2.24) is 0 Å². The summed E-state index contributed by atoms with van der Waals surface area (Å²) < 4.78 is 0. The lowest BCUT2D eigenvalue weighted by Crippen LogP contribution is -1.96. The maximum absolute atomic E-state index is 5.83. The lowest BCUT2D eigenvalue weighted by atomic mass is 10.2. The molecule has 1 aromatic carbocycles. The number of halogens is 2. The molecule has 1 rings (SSSR count). The summed E-state index contributed by atoms with van der Waals surface area (Å²) in [6.07, 6.45) is 1.74. The molecule has 0 aliphatic heterocycles. The summed E-state index contributed by atoms with van der Waals surface area (Å²) in [4.78, 5) is 0. The molecule has 1 nitrogen and oxygen atoms in total. The number of unbranched alkanes of at least 4 members (excludes halogenated alkanes) is 1. The molecule has 74 valence electrons. The van der Waals surface area contributed by atoms with Crippen molar-refractivity contribution in [1.29, 1.82) is 0 Å². The summed E-state index contributed by atoms with van der Waals surface area (Å²) in [5, 5.41) is 1.09. The second-order valence-corrected chi connectivity index (χ2v) is 3.64. The van der Waals surface area contributed by atoms with Gasteiger partial charge in [-0.15, -0.1) is 0 Å². The summed E-state index contributed by atoms with van der Waals surface area (Å²) in [5.41, 5.74) is 6.23. The standard InChI is InChI=1S/C11H11Cl2N/c12-10-6-5-9(8-11(10)13)4-2-1-3-7-14/h5-6,8H,1,3,7,14H2. The van der Waals surface area contributed by atoms with Crippen LogP contribution in [-0.2, 0) is 0 Å². The molecular formula is C11H11Cl2N. The summed E-state index contributed by atoms with van der Waals surface area (Å²) in [5.74, 6) is 6.02. The third-order valence-electron chi connectivity index (χ3n) is 1.66. The Morgan fingerprint density at radius 2 is 2.00 bits per heavy atom. The normalized spacial score (nSPS) is 9.36. The molecule has 1 aromatic rings. The number of benzene rings is 1. The Morgan fingerprint density at radius 1 is 1.21 bits per heavy atom. The van der Waals surface area contributed by atoms with Crippen molar-refractivity contribution < 1.29 is 0 Å². The number of rotatable bonds is 2. The Labute approximate surface area is 94.2 Å². The highest BCUT2D eigenvalue weighted by Crippen LogP contribution is 2.21. The first kappa shape index (κ1) is 11.4. The van der Waals surface area contributed by atoms with Crippen molar-refractivity contribution >= 4 is 23.2 Å². The Hall–Kier alpha value is -0.680. The van der Waals surface area contributed by atoms with Crippen LogP contribution in [0.25, 0.3) is 0 Å². The molecule has 2 N–H and O–H groups in total. The van der Waals surface area contributed by atoms with Crippen molar-refractivity contribution in [3.05, 3.63) is 33.8 Å². The first-order valence-corrected chi connectivity index (χ1v) is 5.13. The van der Waals surface area contributed by atoms with Crippen molar-refractivity contribution in [3.63, 3.8) is 0 Å². The van der Waals surface area contributed by atoms with E-state index in [4.69, 9.17) is 28.9 Å². The maximum Gasteiger partial charge on any atom is 0.0604 e. The van der Waals surface area contributed by atoms with Crippen molar-refractivity contribution in [3.8, 4) is 11.8 Å². The van der Waals surface area contributed by atoms with Gasteiger partial charge in [-0.3, -0.25) is 0 Å². The first-order valence-electron chi connectivity index (χ1n) is 4.38. The summed E-state index contributed by atoms with van der Waals surface area (Å²) in [6.45, 7) is 0.677.